The Hall–Kier alpha value is -2.15. The molecule has 0 aliphatic carbocycles. The topological polar surface area (TPSA) is 59.0 Å². The number of amidine groups is 1. The fourth-order valence-electron chi connectivity index (χ4n) is 2.67. The number of carbonyl (C=O) groups excluding carboxylic acids is 2. The highest BCUT2D eigenvalue weighted by molar-refractivity contribution is 8.15. The molecule has 0 aromatic heterocycles. The van der Waals surface area contributed by atoms with Crippen LogP contribution in [-0.4, -0.2) is 34.3 Å². The third-order valence-electron chi connectivity index (χ3n) is 3.67. The molecule has 2 aliphatic heterocycles. The first-order valence-corrected chi connectivity index (χ1v) is 8.18. The van der Waals surface area contributed by atoms with Gasteiger partial charge < -0.3 is 4.74 Å². The van der Waals surface area contributed by atoms with Gasteiger partial charge in [-0.3, -0.25) is 9.69 Å². The second kappa shape index (κ2) is 6.16. The number of ether oxygens (including phenoxy) is 1. The van der Waals surface area contributed by atoms with E-state index in [1.165, 1.54) is 28.8 Å². The van der Waals surface area contributed by atoms with Crippen molar-refractivity contribution in [1.82, 2.24) is 4.90 Å². The summed E-state index contributed by atoms with van der Waals surface area (Å²) in [7, 11) is 0. The number of aliphatic imine (C=N–C) groups is 1. The highest BCUT2D eigenvalue weighted by atomic mass is 32.2. The first-order chi connectivity index (χ1) is 11.0. The van der Waals surface area contributed by atoms with Gasteiger partial charge in [-0.2, -0.15) is 0 Å². The van der Waals surface area contributed by atoms with E-state index in [0.717, 1.165) is 0 Å². The molecule has 7 heteroatoms. The van der Waals surface area contributed by atoms with Crippen LogP contribution in [0.25, 0.3) is 0 Å². The monoisotopic (exact) mass is 334 g/mol. The fraction of sp³-hybridized carbons (Fsp3) is 0.312. The predicted molar refractivity (Wildman–Crippen MR) is 85.2 cm³/mol. The van der Waals surface area contributed by atoms with Crippen molar-refractivity contribution < 1.29 is 18.7 Å². The molecule has 0 spiro atoms. The minimum atomic E-state index is -0.635. The SMILES string of the molecule is CCOC(=O)C1=C(C)N=C2SCC(=O)N2C1c1ccc(F)cc1. The number of fused-ring (bicyclic) bond motifs is 1. The lowest BCUT2D eigenvalue weighted by atomic mass is 9.94. The van der Waals surface area contributed by atoms with E-state index in [1.54, 1.807) is 26.0 Å². The maximum absolute atomic E-state index is 13.2. The fourth-order valence-corrected chi connectivity index (χ4v) is 3.61. The number of rotatable bonds is 3. The highest BCUT2D eigenvalue weighted by Crippen LogP contribution is 2.40. The number of nitrogens with zero attached hydrogens (tertiary/aromatic N) is 2. The van der Waals surface area contributed by atoms with E-state index >= 15 is 0 Å². The van der Waals surface area contributed by atoms with E-state index in [1.807, 2.05) is 0 Å². The largest absolute Gasteiger partial charge is 0.463 e. The maximum Gasteiger partial charge on any atom is 0.338 e. The number of halogens is 1. The molecule has 2 heterocycles. The number of esters is 1. The molecule has 0 bridgehead atoms. The van der Waals surface area contributed by atoms with Gasteiger partial charge in [0.15, 0.2) is 5.17 Å². The Morgan fingerprint density at radius 3 is 2.78 bits per heavy atom. The van der Waals surface area contributed by atoms with Crippen molar-refractivity contribution in [3.05, 3.63) is 46.9 Å². The molecule has 2 aliphatic rings. The smallest absolute Gasteiger partial charge is 0.338 e. The number of carbonyl (C=O) groups is 2. The number of benzene rings is 1. The lowest BCUT2D eigenvalue weighted by Gasteiger charge is -2.32. The van der Waals surface area contributed by atoms with Crippen molar-refractivity contribution in [3.63, 3.8) is 0 Å². The van der Waals surface area contributed by atoms with Gasteiger partial charge in [-0.15, -0.1) is 0 Å². The molecule has 5 nitrogen and oxygen atoms in total. The Kier molecular flexibility index (Phi) is 4.21. The third-order valence-corrected chi connectivity index (χ3v) is 4.60. The van der Waals surface area contributed by atoms with Crippen LogP contribution in [-0.2, 0) is 14.3 Å². The van der Waals surface area contributed by atoms with Gasteiger partial charge in [0.05, 0.1) is 29.7 Å². The van der Waals surface area contributed by atoms with Crippen molar-refractivity contribution in [1.29, 1.82) is 0 Å². The third kappa shape index (κ3) is 2.76. The normalized spacial score (nSPS) is 20.5. The molecule has 1 fully saturated rings. The van der Waals surface area contributed by atoms with Gasteiger partial charge in [0.25, 0.3) is 0 Å². The number of allylic oxidation sites excluding steroid dienone is 1. The summed E-state index contributed by atoms with van der Waals surface area (Å²) in [6.07, 6.45) is 0. The second-order valence-corrected chi connectivity index (χ2v) is 6.06. The quantitative estimate of drug-likeness (QED) is 0.798. The van der Waals surface area contributed by atoms with Crippen LogP contribution in [0.15, 0.2) is 40.5 Å². The summed E-state index contributed by atoms with van der Waals surface area (Å²) in [5, 5.41) is 0.565. The van der Waals surface area contributed by atoms with Crippen molar-refractivity contribution in [2.75, 3.05) is 12.4 Å². The molecule has 1 unspecified atom stereocenters. The summed E-state index contributed by atoms with van der Waals surface area (Å²) in [6, 6.07) is 5.14. The van der Waals surface area contributed by atoms with Crippen LogP contribution in [0.5, 0.6) is 0 Å². The van der Waals surface area contributed by atoms with Crippen LogP contribution in [0.2, 0.25) is 0 Å². The Labute approximate surface area is 137 Å². The zero-order chi connectivity index (χ0) is 16.6. The van der Waals surface area contributed by atoms with Gasteiger partial charge in [0.1, 0.15) is 5.82 Å². The number of amides is 1. The molecule has 1 amide bonds. The van der Waals surface area contributed by atoms with Crippen molar-refractivity contribution in [2.24, 2.45) is 4.99 Å². The molecule has 23 heavy (non-hydrogen) atoms. The number of thioether (sulfide) groups is 1. The van der Waals surface area contributed by atoms with E-state index in [4.69, 9.17) is 4.74 Å². The minimum absolute atomic E-state index is 0.127. The maximum atomic E-state index is 13.2. The molecular formula is C16H15FN2O3S. The Morgan fingerprint density at radius 2 is 2.13 bits per heavy atom. The molecular weight excluding hydrogens is 319 g/mol. The second-order valence-electron chi connectivity index (χ2n) is 5.12. The summed E-state index contributed by atoms with van der Waals surface area (Å²) in [4.78, 5) is 30.5. The van der Waals surface area contributed by atoms with Crippen molar-refractivity contribution in [3.8, 4) is 0 Å². The Bertz CT molecular complexity index is 727. The molecule has 1 saturated heterocycles. The Balaban J connectivity index is 2.13. The highest BCUT2D eigenvalue weighted by Gasteiger charge is 2.43. The molecule has 120 valence electrons. The number of hydrogen-bond donors (Lipinski definition) is 0. The van der Waals surface area contributed by atoms with Crippen LogP contribution in [0.3, 0.4) is 0 Å². The van der Waals surface area contributed by atoms with Gasteiger partial charge in [0.2, 0.25) is 5.91 Å². The van der Waals surface area contributed by atoms with E-state index in [-0.39, 0.29) is 24.1 Å². The van der Waals surface area contributed by atoms with E-state index in [0.29, 0.717) is 22.0 Å². The summed E-state index contributed by atoms with van der Waals surface area (Å²) < 4.78 is 18.4. The molecule has 1 aromatic carbocycles. The van der Waals surface area contributed by atoms with Crippen LogP contribution in [0, 0.1) is 5.82 Å². The zero-order valence-electron chi connectivity index (χ0n) is 12.7. The average Bonchev–Trinajstić information content (AvgIpc) is 2.88. The van der Waals surface area contributed by atoms with Crippen LogP contribution >= 0.6 is 11.8 Å². The number of hydrogen-bond acceptors (Lipinski definition) is 5. The summed E-state index contributed by atoms with van der Waals surface area (Å²) in [5.74, 6) is -0.733. The molecule has 0 saturated carbocycles. The standard InChI is InChI=1S/C16H15FN2O3S/c1-3-22-15(21)13-9(2)18-16-19(12(20)8-23-16)14(13)10-4-6-11(17)7-5-10/h4-7,14H,3,8H2,1-2H3. The first-order valence-electron chi connectivity index (χ1n) is 7.19. The molecule has 0 radical (unpaired) electrons. The van der Waals surface area contributed by atoms with E-state index in [9.17, 15) is 14.0 Å². The predicted octanol–water partition coefficient (Wildman–Crippen LogP) is 2.65. The molecule has 1 aromatic rings. The van der Waals surface area contributed by atoms with Gasteiger partial charge >= 0.3 is 5.97 Å². The van der Waals surface area contributed by atoms with Crippen molar-refractivity contribution >= 4 is 28.8 Å². The van der Waals surface area contributed by atoms with Gasteiger partial charge in [-0.05, 0) is 31.5 Å². The summed E-state index contributed by atoms with van der Waals surface area (Å²) in [5.41, 5.74) is 1.49. The molecule has 1 atom stereocenters. The van der Waals surface area contributed by atoms with E-state index < -0.39 is 12.0 Å². The van der Waals surface area contributed by atoms with Gasteiger partial charge in [-0.25, -0.2) is 14.2 Å². The zero-order valence-corrected chi connectivity index (χ0v) is 13.5. The van der Waals surface area contributed by atoms with Gasteiger partial charge in [0, 0.05) is 0 Å². The lowest BCUT2D eigenvalue weighted by molar-refractivity contribution is -0.139. The minimum Gasteiger partial charge on any atom is -0.463 e. The molecule has 0 N–H and O–H groups in total. The summed E-state index contributed by atoms with van der Waals surface area (Å²) >= 11 is 1.33. The van der Waals surface area contributed by atoms with E-state index in [2.05, 4.69) is 4.99 Å². The average molecular weight is 334 g/mol. The summed E-state index contributed by atoms with van der Waals surface area (Å²) in [6.45, 7) is 3.66. The van der Waals surface area contributed by atoms with Crippen molar-refractivity contribution in [2.45, 2.75) is 19.9 Å². The van der Waals surface area contributed by atoms with Crippen LogP contribution < -0.4 is 0 Å². The lowest BCUT2D eigenvalue weighted by Crippen LogP contribution is -2.39. The van der Waals surface area contributed by atoms with Crippen LogP contribution in [0.1, 0.15) is 25.5 Å². The molecule has 3 rings (SSSR count). The van der Waals surface area contributed by atoms with Crippen LogP contribution in [0.4, 0.5) is 4.39 Å². The Morgan fingerprint density at radius 1 is 1.43 bits per heavy atom. The van der Waals surface area contributed by atoms with Gasteiger partial charge in [-0.1, -0.05) is 23.9 Å². The first kappa shape index (κ1) is 15.7.